The average Bonchev–Trinajstić information content (AvgIpc) is 3.07. The number of aromatic nitrogens is 4. The highest BCUT2D eigenvalue weighted by Gasteiger charge is 2.19. The molecule has 3 rings (SSSR count). The number of hydrogen-bond donors (Lipinski definition) is 1. The van der Waals surface area contributed by atoms with Gasteiger partial charge in [-0.3, -0.25) is 9.58 Å². The zero-order valence-electron chi connectivity index (χ0n) is 15.8. The van der Waals surface area contributed by atoms with E-state index in [1.165, 1.54) is 5.56 Å². The van der Waals surface area contributed by atoms with Crippen molar-refractivity contribution < 1.29 is 4.74 Å². The molecule has 0 bridgehead atoms. The van der Waals surface area contributed by atoms with Gasteiger partial charge in [-0.05, 0) is 30.8 Å². The molecule has 0 spiro atoms. The summed E-state index contributed by atoms with van der Waals surface area (Å²) in [6, 6.07) is 8.47. The van der Waals surface area contributed by atoms with Crippen LogP contribution in [-0.2, 0) is 7.05 Å². The number of methoxy groups -OCH3 is 1. The fraction of sp³-hybridized carbons (Fsp3) is 0.421. The molecule has 26 heavy (non-hydrogen) atoms. The fourth-order valence-corrected chi connectivity index (χ4v) is 3.27. The first-order chi connectivity index (χ1) is 12.7. The van der Waals surface area contributed by atoms with Gasteiger partial charge in [0.1, 0.15) is 17.9 Å². The maximum absolute atomic E-state index is 5.40. The Labute approximate surface area is 154 Å². The molecule has 0 fully saturated rings. The van der Waals surface area contributed by atoms with Gasteiger partial charge in [-0.1, -0.05) is 26.0 Å². The van der Waals surface area contributed by atoms with Crippen molar-refractivity contribution in [3.63, 3.8) is 0 Å². The number of benzene rings is 1. The van der Waals surface area contributed by atoms with Crippen molar-refractivity contribution >= 4 is 16.9 Å². The van der Waals surface area contributed by atoms with E-state index in [4.69, 9.17) is 4.74 Å². The van der Waals surface area contributed by atoms with Crippen molar-refractivity contribution in [1.82, 2.24) is 24.6 Å². The Morgan fingerprint density at radius 1 is 1.23 bits per heavy atom. The van der Waals surface area contributed by atoms with Crippen molar-refractivity contribution in [2.24, 2.45) is 7.05 Å². The molecule has 0 radical (unpaired) electrons. The summed E-state index contributed by atoms with van der Waals surface area (Å²) in [6.45, 7) is 7.02. The summed E-state index contributed by atoms with van der Waals surface area (Å²) in [5.74, 6) is 1.68. The second-order valence-electron chi connectivity index (χ2n) is 6.12. The topological polar surface area (TPSA) is 68.1 Å². The van der Waals surface area contributed by atoms with Crippen LogP contribution in [0.15, 0.2) is 36.8 Å². The maximum atomic E-state index is 5.40. The molecule has 2 aromatic heterocycles. The summed E-state index contributed by atoms with van der Waals surface area (Å²) in [5, 5.41) is 8.71. The van der Waals surface area contributed by atoms with Gasteiger partial charge in [-0.25, -0.2) is 9.97 Å². The van der Waals surface area contributed by atoms with Crippen molar-refractivity contribution in [3.05, 3.63) is 42.4 Å². The number of hydrogen-bond acceptors (Lipinski definition) is 6. The van der Waals surface area contributed by atoms with E-state index in [2.05, 4.69) is 51.3 Å². The lowest BCUT2D eigenvalue weighted by atomic mass is 10.0. The summed E-state index contributed by atoms with van der Waals surface area (Å²) in [5.41, 5.74) is 2.04. The largest absolute Gasteiger partial charge is 0.497 e. The van der Waals surface area contributed by atoms with Crippen LogP contribution in [0.5, 0.6) is 5.75 Å². The van der Waals surface area contributed by atoms with Gasteiger partial charge in [0, 0.05) is 13.6 Å². The van der Waals surface area contributed by atoms with E-state index >= 15 is 0 Å². The van der Waals surface area contributed by atoms with E-state index in [1.807, 2.05) is 19.2 Å². The zero-order chi connectivity index (χ0) is 18.5. The third-order valence-electron chi connectivity index (χ3n) is 4.72. The lowest BCUT2D eigenvalue weighted by Gasteiger charge is -2.30. The van der Waals surface area contributed by atoms with Gasteiger partial charge in [0.2, 0.25) is 0 Å². The van der Waals surface area contributed by atoms with Crippen LogP contribution >= 0.6 is 0 Å². The Bertz CT molecular complexity index is 858. The van der Waals surface area contributed by atoms with Crippen molar-refractivity contribution in [1.29, 1.82) is 0 Å². The van der Waals surface area contributed by atoms with E-state index in [0.717, 1.165) is 42.2 Å². The molecule has 0 aliphatic carbocycles. The van der Waals surface area contributed by atoms with Crippen molar-refractivity contribution in [2.75, 3.05) is 32.1 Å². The van der Waals surface area contributed by atoms with E-state index in [9.17, 15) is 0 Å². The summed E-state index contributed by atoms with van der Waals surface area (Å²) in [7, 11) is 3.58. The van der Waals surface area contributed by atoms with Gasteiger partial charge in [-0.15, -0.1) is 0 Å². The van der Waals surface area contributed by atoms with Crippen LogP contribution in [0.1, 0.15) is 25.5 Å². The lowest BCUT2D eigenvalue weighted by Crippen LogP contribution is -2.33. The van der Waals surface area contributed by atoms with Gasteiger partial charge in [-0.2, -0.15) is 5.10 Å². The molecule has 7 heteroatoms. The van der Waals surface area contributed by atoms with Gasteiger partial charge in [0.05, 0.1) is 24.7 Å². The Kier molecular flexibility index (Phi) is 5.68. The van der Waals surface area contributed by atoms with Crippen LogP contribution in [-0.4, -0.2) is 51.4 Å². The van der Waals surface area contributed by atoms with Crippen LogP contribution in [0.4, 0.5) is 5.82 Å². The Balaban J connectivity index is 1.87. The number of rotatable bonds is 8. The van der Waals surface area contributed by atoms with Gasteiger partial charge >= 0.3 is 0 Å². The van der Waals surface area contributed by atoms with Gasteiger partial charge in [0.15, 0.2) is 5.65 Å². The molecule has 0 aliphatic heterocycles. The highest BCUT2D eigenvalue weighted by molar-refractivity contribution is 5.85. The summed E-state index contributed by atoms with van der Waals surface area (Å²) in [4.78, 5) is 11.1. The van der Waals surface area contributed by atoms with Crippen LogP contribution in [0.3, 0.4) is 0 Å². The zero-order valence-corrected chi connectivity index (χ0v) is 15.8. The second-order valence-corrected chi connectivity index (χ2v) is 6.12. The van der Waals surface area contributed by atoms with Crippen molar-refractivity contribution in [3.8, 4) is 5.75 Å². The Morgan fingerprint density at radius 2 is 2.04 bits per heavy atom. The minimum atomic E-state index is 0.210. The number of nitrogens with one attached hydrogen (secondary N) is 1. The quantitative estimate of drug-likeness (QED) is 0.671. The number of aryl methyl sites for hydroxylation is 1. The third-order valence-corrected chi connectivity index (χ3v) is 4.72. The molecule has 1 unspecified atom stereocenters. The number of ether oxygens (including phenoxy) is 1. The highest BCUT2D eigenvalue weighted by Crippen LogP contribution is 2.26. The summed E-state index contributed by atoms with van der Waals surface area (Å²) >= 11 is 0. The SMILES string of the molecule is CCN(CC)C(CNc1ncnc2c1cnn2C)c1cccc(OC)c1. The van der Waals surface area contributed by atoms with Crippen LogP contribution in [0.2, 0.25) is 0 Å². The first-order valence-electron chi connectivity index (χ1n) is 8.92. The summed E-state index contributed by atoms with van der Waals surface area (Å²) in [6.07, 6.45) is 3.37. The van der Waals surface area contributed by atoms with Gasteiger partial charge in [0.25, 0.3) is 0 Å². The van der Waals surface area contributed by atoms with E-state index in [0.29, 0.717) is 0 Å². The van der Waals surface area contributed by atoms with Crippen LogP contribution in [0.25, 0.3) is 11.0 Å². The lowest BCUT2D eigenvalue weighted by molar-refractivity contribution is 0.227. The average molecular weight is 354 g/mol. The smallest absolute Gasteiger partial charge is 0.163 e. The molecule has 0 saturated carbocycles. The van der Waals surface area contributed by atoms with E-state index in [1.54, 1.807) is 24.3 Å². The monoisotopic (exact) mass is 354 g/mol. The number of likely N-dealkylation sites (N-methyl/N-ethyl adjacent to an activating group) is 1. The number of anilines is 1. The second kappa shape index (κ2) is 8.14. The third kappa shape index (κ3) is 3.62. The predicted octanol–water partition coefficient (Wildman–Crippen LogP) is 2.87. The van der Waals surface area contributed by atoms with Gasteiger partial charge < -0.3 is 10.1 Å². The van der Waals surface area contributed by atoms with E-state index < -0.39 is 0 Å². The molecular formula is C19H26N6O. The van der Waals surface area contributed by atoms with Crippen LogP contribution < -0.4 is 10.1 Å². The molecule has 0 aliphatic rings. The highest BCUT2D eigenvalue weighted by atomic mass is 16.5. The van der Waals surface area contributed by atoms with E-state index in [-0.39, 0.29) is 6.04 Å². The summed E-state index contributed by atoms with van der Waals surface area (Å²) < 4.78 is 7.16. The molecule has 1 N–H and O–H groups in total. The molecular weight excluding hydrogens is 328 g/mol. The van der Waals surface area contributed by atoms with Crippen molar-refractivity contribution in [2.45, 2.75) is 19.9 Å². The molecule has 1 atom stereocenters. The normalized spacial score (nSPS) is 12.5. The molecule has 3 aromatic rings. The fourth-order valence-electron chi connectivity index (χ4n) is 3.27. The molecule has 138 valence electrons. The Morgan fingerprint density at radius 3 is 2.77 bits per heavy atom. The molecule has 0 saturated heterocycles. The molecule has 2 heterocycles. The molecule has 0 amide bonds. The molecule has 1 aromatic carbocycles. The maximum Gasteiger partial charge on any atom is 0.163 e. The number of fused-ring (bicyclic) bond motifs is 1. The minimum Gasteiger partial charge on any atom is -0.497 e. The predicted molar refractivity (Wildman–Crippen MR) is 103 cm³/mol. The standard InChI is InChI=1S/C19H26N6O/c1-5-25(6-2)17(14-8-7-9-15(10-14)26-4)12-20-18-16-11-23-24(3)19(16)22-13-21-18/h7-11,13,17H,5-6,12H2,1-4H3,(H,20,21,22). The van der Waals surface area contributed by atoms with Crippen LogP contribution in [0, 0.1) is 0 Å². The molecule has 7 nitrogen and oxygen atoms in total. The minimum absolute atomic E-state index is 0.210. The first-order valence-corrected chi connectivity index (χ1v) is 8.92. The Hall–Kier alpha value is -2.67. The number of nitrogens with zero attached hydrogens (tertiary/aromatic N) is 5. The first kappa shape index (κ1) is 18.1.